The molecule has 0 spiro atoms. The summed E-state index contributed by atoms with van der Waals surface area (Å²) >= 11 is 2.84. The van der Waals surface area contributed by atoms with Crippen molar-refractivity contribution in [2.75, 3.05) is 5.75 Å². The zero-order valence-electron chi connectivity index (χ0n) is 16.4. The maximum atomic E-state index is 13.0. The summed E-state index contributed by atoms with van der Waals surface area (Å²) in [6.07, 6.45) is 2.79. The van der Waals surface area contributed by atoms with E-state index in [0.717, 1.165) is 16.2 Å². The van der Waals surface area contributed by atoms with Gasteiger partial charge in [-0.25, -0.2) is 5.01 Å². The minimum absolute atomic E-state index is 0.118. The summed E-state index contributed by atoms with van der Waals surface area (Å²) in [6, 6.07) is 17.5. The van der Waals surface area contributed by atoms with Crippen molar-refractivity contribution in [3.63, 3.8) is 0 Å². The van der Waals surface area contributed by atoms with E-state index in [0.29, 0.717) is 29.7 Å². The molecule has 156 valence electrons. The second-order valence-corrected chi connectivity index (χ2v) is 8.82. The van der Waals surface area contributed by atoms with E-state index >= 15 is 0 Å². The van der Waals surface area contributed by atoms with Gasteiger partial charge in [-0.1, -0.05) is 48.2 Å². The van der Waals surface area contributed by atoms with Gasteiger partial charge >= 0.3 is 0 Å². The number of nitrogens with zero attached hydrogens (tertiary/aromatic N) is 4. The highest BCUT2D eigenvalue weighted by Gasteiger charge is 2.34. The van der Waals surface area contributed by atoms with Gasteiger partial charge in [-0.15, -0.1) is 21.5 Å². The van der Waals surface area contributed by atoms with Gasteiger partial charge in [-0.05, 0) is 29.1 Å². The molecule has 7 nitrogen and oxygen atoms in total. The number of hydrogen-bond acceptors (Lipinski definition) is 8. The lowest BCUT2D eigenvalue weighted by atomic mass is 10.1. The molecule has 0 saturated heterocycles. The number of carbonyl (C=O) groups is 1. The molecule has 0 unspecified atom stereocenters. The van der Waals surface area contributed by atoms with Crippen LogP contribution in [0, 0.1) is 0 Å². The van der Waals surface area contributed by atoms with Gasteiger partial charge in [-0.2, -0.15) is 5.10 Å². The largest absolute Gasteiger partial charge is 0.463 e. The van der Waals surface area contributed by atoms with E-state index in [-0.39, 0.29) is 17.7 Å². The number of thiophene rings is 1. The quantitative estimate of drug-likeness (QED) is 0.377. The van der Waals surface area contributed by atoms with Gasteiger partial charge in [0.15, 0.2) is 0 Å². The number of furan rings is 1. The molecule has 0 saturated carbocycles. The van der Waals surface area contributed by atoms with Gasteiger partial charge in [0.2, 0.25) is 5.89 Å². The highest BCUT2D eigenvalue weighted by molar-refractivity contribution is 7.99. The number of benzene rings is 1. The van der Waals surface area contributed by atoms with Crippen LogP contribution < -0.4 is 0 Å². The molecule has 9 heteroatoms. The molecule has 1 amide bonds. The first-order valence-corrected chi connectivity index (χ1v) is 11.6. The summed E-state index contributed by atoms with van der Waals surface area (Å²) in [4.78, 5) is 14.1. The molecule has 31 heavy (non-hydrogen) atoms. The maximum absolute atomic E-state index is 13.0. The van der Waals surface area contributed by atoms with Crippen molar-refractivity contribution in [1.29, 1.82) is 0 Å². The van der Waals surface area contributed by atoms with E-state index in [1.807, 2.05) is 60.0 Å². The highest BCUT2D eigenvalue weighted by atomic mass is 32.2. The van der Waals surface area contributed by atoms with Crippen LogP contribution in [0.2, 0.25) is 0 Å². The van der Waals surface area contributed by atoms with E-state index in [1.165, 1.54) is 11.8 Å². The third kappa shape index (κ3) is 4.47. The van der Waals surface area contributed by atoms with Gasteiger partial charge in [0.25, 0.3) is 11.1 Å². The predicted octanol–water partition coefficient (Wildman–Crippen LogP) is 4.78. The number of hydrogen-bond donors (Lipinski definition) is 0. The van der Waals surface area contributed by atoms with Gasteiger partial charge in [-0.3, -0.25) is 4.79 Å². The average molecular weight is 451 g/mol. The molecular formula is C22H18N4O3S2. The van der Waals surface area contributed by atoms with Gasteiger partial charge in [0.1, 0.15) is 11.5 Å². The van der Waals surface area contributed by atoms with Crippen molar-refractivity contribution >= 4 is 34.7 Å². The predicted molar refractivity (Wildman–Crippen MR) is 118 cm³/mol. The molecule has 0 bridgehead atoms. The van der Waals surface area contributed by atoms with Crippen LogP contribution in [-0.4, -0.2) is 32.6 Å². The van der Waals surface area contributed by atoms with Crippen LogP contribution in [0.5, 0.6) is 0 Å². The molecule has 4 heterocycles. The van der Waals surface area contributed by atoms with Crippen LogP contribution in [0.25, 0.3) is 0 Å². The Morgan fingerprint density at radius 2 is 2.03 bits per heavy atom. The number of amides is 1. The van der Waals surface area contributed by atoms with Crippen molar-refractivity contribution in [2.45, 2.75) is 24.1 Å². The van der Waals surface area contributed by atoms with Crippen molar-refractivity contribution in [1.82, 2.24) is 15.2 Å². The van der Waals surface area contributed by atoms with Crippen LogP contribution in [0.4, 0.5) is 0 Å². The Bertz CT molecular complexity index is 1170. The Kier molecular flexibility index (Phi) is 5.68. The van der Waals surface area contributed by atoms with Crippen LogP contribution >= 0.6 is 23.1 Å². The Balaban J connectivity index is 1.26. The Morgan fingerprint density at radius 1 is 1.13 bits per heavy atom. The molecule has 4 aromatic rings. The molecule has 0 aliphatic carbocycles. The summed E-state index contributed by atoms with van der Waals surface area (Å²) in [7, 11) is 0. The number of rotatable bonds is 7. The fraction of sp³-hybridized carbons (Fsp3) is 0.182. The smallest absolute Gasteiger partial charge is 0.277 e. The lowest BCUT2D eigenvalue weighted by Gasteiger charge is -2.20. The number of aromatic nitrogens is 2. The minimum atomic E-state index is -0.135. The summed E-state index contributed by atoms with van der Waals surface area (Å²) < 4.78 is 11.2. The Labute approximate surface area is 186 Å². The molecule has 0 N–H and O–H groups in total. The number of carbonyl (C=O) groups excluding carboxylic acids is 1. The highest BCUT2D eigenvalue weighted by Crippen LogP contribution is 2.35. The molecule has 1 atom stereocenters. The summed E-state index contributed by atoms with van der Waals surface area (Å²) in [5.41, 5.74) is 1.86. The Morgan fingerprint density at radius 3 is 2.81 bits per heavy atom. The molecule has 3 aromatic heterocycles. The van der Waals surface area contributed by atoms with Gasteiger partial charge < -0.3 is 8.83 Å². The van der Waals surface area contributed by atoms with Gasteiger partial charge in [0, 0.05) is 11.3 Å². The maximum Gasteiger partial charge on any atom is 0.277 e. The zero-order chi connectivity index (χ0) is 21.0. The monoisotopic (exact) mass is 450 g/mol. The normalized spacial score (nSPS) is 15.9. The van der Waals surface area contributed by atoms with Crippen molar-refractivity contribution in [2.24, 2.45) is 5.10 Å². The molecule has 1 aliphatic heterocycles. The van der Waals surface area contributed by atoms with E-state index < -0.39 is 0 Å². The van der Waals surface area contributed by atoms with E-state index in [9.17, 15) is 4.79 Å². The fourth-order valence-electron chi connectivity index (χ4n) is 3.36. The molecule has 0 fully saturated rings. The zero-order valence-corrected chi connectivity index (χ0v) is 18.0. The molecule has 1 aliphatic rings. The van der Waals surface area contributed by atoms with Crippen molar-refractivity contribution < 1.29 is 13.6 Å². The summed E-state index contributed by atoms with van der Waals surface area (Å²) in [5.74, 6) is 1.25. The lowest BCUT2D eigenvalue weighted by molar-refractivity contribution is -0.130. The topological polar surface area (TPSA) is 84.7 Å². The van der Waals surface area contributed by atoms with Crippen LogP contribution in [0.1, 0.15) is 34.6 Å². The van der Waals surface area contributed by atoms with E-state index in [2.05, 4.69) is 15.3 Å². The van der Waals surface area contributed by atoms with Crippen molar-refractivity contribution in [3.8, 4) is 0 Å². The second-order valence-electron chi connectivity index (χ2n) is 6.91. The summed E-state index contributed by atoms with van der Waals surface area (Å²) in [6.45, 7) is 0. The first-order valence-electron chi connectivity index (χ1n) is 9.72. The molecule has 1 aromatic carbocycles. The molecule has 5 rings (SSSR count). The second kappa shape index (κ2) is 8.91. The minimum Gasteiger partial charge on any atom is -0.463 e. The van der Waals surface area contributed by atoms with Crippen molar-refractivity contribution in [3.05, 3.63) is 88.3 Å². The first-order chi connectivity index (χ1) is 15.3. The molecular weight excluding hydrogens is 432 g/mol. The van der Waals surface area contributed by atoms with Crippen LogP contribution in [0.3, 0.4) is 0 Å². The third-order valence-corrected chi connectivity index (χ3v) is 6.59. The summed E-state index contributed by atoms with van der Waals surface area (Å²) in [5, 5.41) is 16.7. The molecule has 0 radical (unpaired) electrons. The SMILES string of the molecule is O=C(CSc1nnc(Cc2ccccc2)o1)N1N=C(c2ccco2)C[C@@H]1c1cccs1. The van der Waals surface area contributed by atoms with E-state index in [4.69, 9.17) is 8.83 Å². The van der Waals surface area contributed by atoms with Crippen LogP contribution in [0.15, 0.2) is 85.4 Å². The number of thioether (sulfide) groups is 1. The standard InChI is InChI=1S/C22H18N4O3S2/c27-21(14-31-22-24-23-20(29-22)12-15-6-2-1-3-7-15)26-17(19-9-5-11-30-19)13-16(25-26)18-8-4-10-28-18/h1-11,17H,12-14H2/t17-/m1/s1. The third-order valence-electron chi connectivity index (χ3n) is 4.81. The average Bonchev–Trinajstić information content (AvgIpc) is 3.59. The van der Waals surface area contributed by atoms with Gasteiger partial charge in [0.05, 0.1) is 24.5 Å². The van der Waals surface area contributed by atoms with Crippen LogP contribution in [-0.2, 0) is 11.2 Å². The fourth-order valence-corrected chi connectivity index (χ4v) is 4.81. The Hall–Kier alpha value is -3.17. The first kappa shape index (κ1) is 19.8. The van der Waals surface area contributed by atoms with E-state index in [1.54, 1.807) is 22.6 Å². The number of hydrazone groups is 1. The lowest BCUT2D eigenvalue weighted by Crippen LogP contribution is -2.28.